The van der Waals surface area contributed by atoms with E-state index in [-0.39, 0.29) is 17.9 Å². The molecular formula is C24H31N3O3S. The van der Waals surface area contributed by atoms with Crippen molar-refractivity contribution < 1.29 is 13.2 Å². The Morgan fingerprint density at radius 2 is 1.84 bits per heavy atom. The van der Waals surface area contributed by atoms with Gasteiger partial charge in [0.05, 0.1) is 10.3 Å². The molecule has 2 aromatic carbocycles. The highest BCUT2D eigenvalue weighted by molar-refractivity contribution is 7.89. The minimum Gasteiger partial charge on any atom is -0.359 e. The minimum absolute atomic E-state index is 0.0173. The Balaban J connectivity index is 1.51. The third kappa shape index (κ3) is 4.27. The minimum atomic E-state index is -3.63. The fraction of sp³-hybridized carbons (Fsp3) is 0.458. The van der Waals surface area contributed by atoms with E-state index in [0.717, 1.165) is 18.7 Å². The molecule has 2 aliphatic rings. The van der Waals surface area contributed by atoms with E-state index in [9.17, 15) is 13.2 Å². The maximum Gasteiger partial charge on any atom is 0.241 e. The lowest BCUT2D eigenvalue weighted by Gasteiger charge is -2.27. The van der Waals surface area contributed by atoms with Crippen LogP contribution in [0.1, 0.15) is 30.9 Å². The average molecular weight is 442 g/mol. The molecule has 31 heavy (non-hydrogen) atoms. The van der Waals surface area contributed by atoms with Gasteiger partial charge in [0.15, 0.2) is 0 Å². The molecule has 166 valence electrons. The lowest BCUT2D eigenvalue weighted by Crippen LogP contribution is -2.44. The number of fused-ring (bicyclic) bond motifs is 1. The maximum atomic E-state index is 13.1. The smallest absolute Gasteiger partial charge is 0.241 e. The highest BCUT2D eigenvalue weighted by atomic mass is 32.2. The van der Waals surface area contributed by atoms with Gasteiger partial charge in [-0.2, -0.15) is 0 Å². The summed E-state index contributed by atoms with van der Waals surface area (Å²) in [4.78, 5) is 15.6. The highest BCUT2D eigenvalue weighted by Gasteiger charge is 2.57. The first-order chi connectivity index (χ1) is 14.9. The summed E-state index contributed by atoms with van der Waals surface area (Å²) in [5.74, 6) is 0.147. The summed E-state index contributed by atoms with van der Waals surface area (Å²) >= 11 is 0. The molecule has 1 heterocycles. The number of amides is 1. The van der Waals surface area contributed by atoms with E-state index in [4.69, 9.17) is 0 Å². The van der Waals surface area contributed by atoms with Crippen LogP contribution >= 0.6 is 0 Å². The second-order valence-electron chi connectivity index (χ2n) is 8.81. The lowest BCUT2D eigenvalue weighted by molar-refractivity contribution is -0.131. The summed E-state index contributed by atoms with van der Waals surface area (Å²) in [5.41, 5.74) is 1.48. The lowest BCUT2D eigenvalue weighted by atomic mass is 9.80. The predicted octanol–water partition coefficient (Wildman–Crippen LogP) is 2.55. The zero-order valence-corrected chi connectivity index (χ0v) is 19.0. The molecule has 2 aromatic rings. The Bertz CT molecular complexity index is 1040. The van der Waals surface area contributed by atoms with Crippen molar-refractivity contribution in [2.75, 3.05) is 20.1 Å². The topological polar surface area (TPSA) is 78.5 Å². The number of hydrogen-bond acceptors (Lipinski definition) is 4. The zero-order valence-electron chi connectivity index (χ0n) is 18.2. The number of likely N-dealkylation sites (tertiary alicyclic amines) is 1. The molecule has 1 amide bonds. The summed E-state index contributed by atoms with van der Waals surface area (Å²) in [7, 11) is -1.96. The molecule has 4 rings (SSSR count). The van der Waals surface area contributed by atoms with E-state index in [0.29, 0.717) is 30.7 Å². The van der Waals surface area contributed by atoms with Crippen molar-refractivity contribution in [1.82, 2.24) is 14.9 Å². The molecule has 3 atom stereocenters. The summed E-state index contributed by atoms with van der Waals surface area (Å²) in [6.45, 7) is 4.20. The molecule has 1 aliphatic carbocycles. The second-order valence-corrected chi connectivity index (χ2v) is 10.5. The van der Waals surface area contributed by atoms with E-state index in [1.165, 1.54) is 5.56 Å². The molecule has 1 aliphatic heterocycles. The maximum absolute atomic E-state index is 13.1. The monoisotopic (exact) mass is 441 g/mol. The number of benzene rings is 2. The third-order valence-electron chi connectivity index (χ3n) is 6.84. The first-order valence-corrected chi connectivity index (χ1v) is 12.4. The number of nitrogens with zero attached hydrogens (tertiary/aromatic N) is 1. The number of hydrogen-bond donors (Lipinski definition) is 2. The number of carbonyl (C=O) groups excluding carboxylic acids is 1. The van der Waals surface area contributed by atoms with Crippen LogP contribution in [-0.4, -0.2) is 45.4 Å². The molecule has 7 heteroatoms. The van der Waals surface area contributed by atoms with Crippen LogP contribution in [0.5, 0.6) is 0 Å². The van der Waals surface area contributed by atoms with E-state index >= 15 is 0 Å². The highest BCUT2D eigenvalue weighted by Crippen LogP contribution is 2.49. The Morgan fingerprint density at radius 3 is 2.55 bits per heavy atom. The van der Waals surface area contributed by atoms with Crippen LogP contribution in [0.15, 0.2) is 59.5 Å². The van der Waals surface area contributed by atoms with Crippen LogP contribution < -0.4 is 10.0 Å². The molecule has 0 radical (unpaired) electrons. The van der Waals surface area contributed by atoms with E-state index in [1.807, 2.05) is 37.3 Å². The first-order valence-electron chi connectivity index (χ1n) is 11.0. The van der Waals surface area contributed by atoms with Crippen molar-refractivity contribution >= 4 is 15.9 Å². The van der Waals surface area contributed by atoms with Crippen molar-refractivity contribution in [2.45, 2.75) is 43.7 Å². The van der Waals surface area contributed by atoms with Gasteiger partial charge in [-0.05, 0) is 42.4 Å². The predicted molar refractivity (Wildman–Crippen MR) is 121 cm³/mol. The van der Waals surface area contributed by atoms with Gasteiger partial charge in [0.1, 0.15) is 0 Å². The molecule has 0 unspecified atom stereocenters. The van der Waals surface area contributed by atoms with Crippen molar-refractivity contribution in [3.63, 3.8) is 0 Å². The Morgan fingerprint density at radius 1 is 1.13 bits per heavy atom. The van der Waals surface area contributed by atoms with Crippen LogP contribution in [0, 0.1) is 11.3 Å². The van der Waals surface area contributed by atoms with Gasteiger partial charge >= 0.3 is 0 Å². The van der Waals surface area contributed by atoms with E-state index < -0.39 is 15.4 Å². The summed E-state index contributed by atoms with van der Waals surface area (Å²) < 4.78 is 29.1. The van der Waals surface area contributed by atoms with Crippen LogP contribution in [-0.2, 0) is 27.8 Å². The first kappa shape index (κ1) is 22.0. The standard InChI is InChI=1S/C24H31N3O3S/c1-3-19-11-7-8-12-22(19)31(29,30)26-21-13-20-16-27(15-18-9-5-4-6-10-18)17-24(20,14-21)23(28)25-2/h4-12,20-21,26H,3,13-17H2,1-2H3,(H,25,28)/t20-,21-,24-/m0/s1. The molecule has 1 saturated carbocycles. The zero-order chi connectivity index (χ0) is 22.1. The summed E-state index contributed by atoms with van der Waals surface area (Å²) in [5, 5.41) is 2.84. The molecule has 0 aromatic heterocycles. The van der Waals surface area contributed by atoms with Crippen LogP contribution in [0.2, 0.25) is 0 Å². The van der Waals surface area contributed by atoms with Crippen molar-refractivity contribution in [1.29, 1.82) is 0 Å². The molecule has 2 fully saturated rings. The number of sulfonamides is 1. The molecule has 1 saturated heterocycles. The Hall–Kier alpha value is -2.22. The summed E-state index contributed by atoms with van der Waals surface area (Å²) in [6.07, 6.45) is 1.85. The number of rotatable bonds is 7. The van der Waals surface area contributed by atoms with Crippen LogP contribution in [0.3, 0.4) is 0 Å². The molecule has 2 N–H and O–H groups in total. The van der Waals surface area contributed by atoms with Gasteiger partial charge in [0.2, 0.25) is 15.9 Å². The number of carbonyl (C=O) groups is 1. The average Bonchev–Trinajstić information content (AvgIpc) is 3.27. The third-order valence-corrected chi connectivity index (χ3v) is 8.46. The molecule has 6 nitrogen and oxygen atoms in total. The second kappa shape index (κ2) is 8.73. The van der Waals surface area contributed by atoms with Crippen molar-refractivity contribution in [3.8, 4) is 0 Å². The molecule has 0 spiro atoms. The van der Waals surface area contributed by atoms with Gasteiger partial charge in [-0.15, -0.1) is 0 Å². The van der Waals surface area contributed by atoms with Gasteiger partial charge in [0.25, 0.3) is 0 Å². The van der Waals surface area contributed by atoms with Gasteiger partial charge in [-0.3, -0.25) is 9.69 Å². The van der Waals surface area contributed by atoms with Crippen molar-refractivity contribution in [2.24, 2.45) is 11.3 Å². The largest absolute Gasteiger partial charge is 0.359 e. The molecule has 0 bridgehead atoms. The van der Waals surface area contributed by atoms with Crippen LogP contribution in [0.4, 0.5) is 0 Å². The van der Waals surface area contributed by atoms with Crippen LogP contribution in [0.25, 0.3) is 0 Å². The van der Waals surface area contributed by atoms with Gasteiger partial charge in [0, 0.05) is 32.7 Å². The fourth-order valence-electron chi connectivity index (χ4n) is 5.47. The Kier molecular flexibility index (Phi) is 6.19. The SMILES string of the molecule is CCc1ccccc1S(=O)(=O)N[C@H]1C[C@H]2CN(Cc3ccccc3)C[C@@]2(C(=O)NC)C1. The van der Waals surface area contributed by atoms with Crippen molar-refractivity contribution in [3.05, 3.63) is 65.7 Å². The number of nitrogens with one attached hydrogen (secondary N) is 2. The van der Waals surface area contributed by atoms with Gasteiger partial charge in [-0.1, -0.05) is 55.5 Å². The van der Waals surface area contributed by atoms with Gasteiger partial charge < -0.3 is 5.32 Å². The Labute approximate surface area is 185 Å². The normalized spacial score (nSPS) is 26.0. The number of aryl methyl sites for hydroxylation is 1. The van der Waals surface area contributed by atoms with E-state index in [1.54, 1.807) is 19.2 Å². The van der Waals surface area contributed by atoms with Gasteiger partial charge in [-0.25, -0.2) is 13.1 Å². The molecular weight excluding hydrogens is 410 g/mol. The summed E-state index contributed by atoms with van der Waals surface area (Å²) in [6, 6.07) is 17.1. The van der Waals surface area contributed by atoms with E-state index in [2.05, 4.69) is 27.1 Å². The quantitative estimate of drug-likeness (QED) is 0.692. The fourth-order valence-corrected chi connectivity index (χ4v) is 7.03.